The van der Waals surface area contributed by atoms with Crippen LogP contribution in [0.2, 0.25) is 5.02 Å². The van der Waals surface area contributed by atoms with Gasteiger partial charge in [-0.3, -0.25) is 9.69 Å². The molecule has 0 saturated heterocycles. The van der Waals surface area contributed by atoms with Crippen LogP contribution in [0.5, 0.6) is 11.5 Å². The monoisotopic (exact) mass is 530 g/mol. The summed E-state index contributed by atoms with van der Waals surface area (Å²) < 4.78 is 10.8. The van der Waals surface area contributed by atoms with E-state index in [9.17, 15) is 9.59 Å². The number of hydrogen-bond donors (Lipinski definition) is 3. The molecule has 0 fully saturated rings. The molecule has 0 bridgehead atoms. The Labute approximate surface area is 225 Å². The first-order valence-electron chi connectivity index (χ1n) is 11.7. The van der Waals surface area contributed by atoms with Gasteiger partial charge in [-0.15, -0.1) is 0 Å². The fraction of sp³-hybridized carbons (Fsp3) is 0.103. The molecule has 4 aromatic carbocycles. The zero-order valence-electron chi connectivity index (χ0n) is 20.9. The molecule has 8 nitrogen and oxygen atoms in total. The van der Waals surface area contributed by atoms with Crippen molar-refractivity contribution >= 4 is 46.3 Å². The summed E-state index contributed by atoms with van der Waals surface area (Å²) >= 11 is 5.98. The molecule has 4 aromatic rings. The Bertz CT molecular complexity index is 1430. The van der Waals surface area contributed by atoms with Gasteiger partial charge >= 0.3 is 6.03 Å². The number of urea groups is 1. The van der Waals surface area contributed by atoms with E-state index in [-0.39, 0.29) is 18.5 Å². The van der Waals surface area contributed by atoms with Crippen molar-refractivity contribution in [1.82, 2.24) is 0 Å². The maximum atomic E-state index is 13.4. The summed E-state index contributed by atoms with van der Waals surface area (Å²) in [5, 5.41) is 6.28. The summed E-state index contributed by atoms with van der Waals surface area (Å²) in [6.07, 6.45) is 0. The van der Waals surface area contributed by atoms with Crippen molar-refractivity contribution in [2.75, 3.05) is 35.5 Å². The Morgan fingerprint density at radius 1 is 0.842 bits per heavy atom. The van der Waals surface area contributed by atoms with Gasteiger partial charge in [0.05, 0.1) is 32.1 Å². The van der Waals surface area contributed by atoms with Gasteiger partial charge in [0.2, 0.25) is 0 Å². The van der Waals surface area contributed by atoms with Crippen molar-refractivity contribution in [1.29, 1.82) is 0 Å². The normalized spacial score (nSPS) is 10.4. The highest BCUT2D eigenvalue weighted by Gasteiger charge is 2.19. The Kier molecular flexibility index (Phi) is 8.35. The van der Waals surface area contributed by atoms with Gasteiger partial charge in [-0.05, 0) is 66.2 Å². The minimum Gasteiger partial charge on any atom is -0.493 e. The molecular formula is C29H27ClN4O4. The molecule has 38 heavy (non-hydrogen) atoms. The van der Waals surface area contributed by atoms with Gasteiger partial charge in [0, 0.05) is 28.0 Å². The maximum Gasteiger partial charge on any atom is 0.326 e. The number of hydrogen-bond acceptors (Lipinski definition) is 5. The Balaban J connectivity index is 1.57. The number of ether oxygens (including phenoxy) is 2. The first kappa shape index (κ1) is 26.4. The fourth-order valence-electron chi connectivity index (χ4n) is 3.75. The summed E-state index contributed by atoms with van der Waals surface area (Å²) in [5.41, 5.74) is 9.41. The second-order valence-electron chi connectivity index (χ2n) is 8.30. The Hall–Kier alpha value is -4.69. The molecule has 0 unspecified atom stereocenters. The lowest BCUT2D eigenvalue weighted by molar-refractivity contribution is 0.102. The first-order chi connectivity index (χ1) is 18.4. The first-order valence-corrected chi connectivity index (χ1v) is 12.1. The van der Waals surface area contributed by atoms with Crippen LogP contribution in [-0.2, 0) is 6.54 Å². The van der Waals surface area contributed by atoms with Crippen LogP contribution in [0.3, 0.4) is 0 Å². The van der Waals surface area contributed by atoms with E-state index in [1.165, 1.54) is 7.11 Å². The number of nitrogens with two attached hydrogens (primary N) is 1. The number of nitrogen functional groups attached to an aromatic ring is 1. The van der Waals surface area contributed by atoms with Crippen LogP contribution >= 0.6 is 11.6 Å². The van der Waals surface area contributed by atoms with E-state index in [1.54, 1.807) is 103 Å². The summed E-state index contributed by atoms with van der Waals surface area (Å²) in [7, 11) is 3.08. The summed E-state index contributed by atoms with van der Waals surface area (Å²) in [6, 6.07) is 25.8. The van der Waals surface area contributed by atoms with Crippen LogP contribution in [0.1, 0.15) is 15.9 Å². The van der Waals surface area contributed by atoms with Crippen molar-refractivity contribution in [3.8, 4) is 11.5 Å². The smallest absolute Gasteiger partial charge is 0.326 e. The second-order valence-corrected chi connectivity index (χ2v) is 8.74. The molecule has 4 rings (SSSR count). The highest BCUT2D eigenvalue weighted by molar-refractivity contribution is 6.30. The molecule has 0 saturated carbocycles. The summed E-state index contributed by atoms with van der Waals surface area (Å²) in [5.74, 6) is 0.747. The maximum absolute atomic E-state index is 13.4. The van der Waals surface area contributed by atoms with Crippen LogP contribution in [0, 0.1) is 0 Å². The molecule has 0 atom stereocenters. The van der Waals surface area contributed by atoms with Crippen molar-refractivity contribution in [3.05, 3.63) is 107 Å². The molecule has 194 valence electrons. The SMILES string of the molecule is COc1ccc(N(Cc2ccc(C(=O)Nc3ccccc3N)cc2)C(=O)Nc2ccc(Cl)cc2)cc1OC. The fourth-order valence-corrected chi connectivity index (χ4v) is 3.87. The number of methoxy groups -OCH3 is 2. The standard InChI is InChI=1S/C29H27ClN4O4/c1-37-26-16-15-23(17-27(26)38-2)34(29(36)32-22-13-11-21(30)12-14-22)18-19-7-9-20(10-8-19)28(35)33-25-6-4-3-5-24(25)31/h3-17H,18,31H2,1-2H3,(H,32,36)(H,33,35). The Morgan fingerprint density at radius 2 is 1.53 bits per heavy atom. The molecule has 3 amide bonds. The van der Waals surface area contributed by atoms with Crippen LogP contribution in [-0.4, -0.2) is 26.2 Å². The van der Waals surface area contributed by atoms with Gasteiger partial charge in [-0.2, -0.15) is 0 Å². The van der Waals surface area contributed by atoms with Crippen molar-refractivity contribution in [3.63, 3.8) is 0 Å². The van der Waals surface area contributed by atoms with Gasteiger partial charge in [0.15, 0.2) is 11.5 Å². The van der Waals surface area contributed by atoms with Gasteiger partial charge in [0.25, 0.3) is 5.91 Å². The number of nitrogens with one attached hydrogen (secondary N) is 2. The number of benzene rings is 4. The molecule has 0 heterocycles. The van der Waals surface area contributed by atoms with E-state index in [0.717, 1.165) is 5.56 Å². The number of anilines is 4. The second kappa shape index (κ2) is 12.0. The van der Waals surface area contributed by atoms with Gasteiger partial charge in [-0.25, -0.2) is 4.79 Å². The predicted molar refractivity (Wildman–Crippen MR) is 151 cm³/mol. The number of carbonyl (C=O) groups excluding carboxylic acids is 2. The van der Waals surface area contributed by atoms with Gasteiger partial charge in [0.1, 0.15) is 0 Å². The van der Waals surface area contributed by atoms with Crippen molar-refractivity contribution < 1.29 is 19.1 Å². The lowest BCUT2D eigenvalue weighted by Crippen LogP contribution is -2.34. The lowest BCUT2D eigenvalue weighted by Gasteiger charge is -2.24. The third kappa shape index (κ3) is 6.35. The number of rotatable bonds is 8. The third-order valence-electron chi connectivity index (χ3n) is 5.79. The van der Waals surface area contributed by atoms with E-state index in [0.29, 0.717) is 44.8 Å². The van der Waals surface area contributed by atoms with Crippen LogP contribution in [0.15, 0.2) is 91.0 Å². The largest absolute Gasteiger partial charge is 0.493 e. The van der Waals surface area contributed by atoms with E-state index in [1.807, 2.05) is 0 Å². The van der Waals surface area contributed by atoms with Gasteiger partial charge in [-0.1, -0.05) is 35.9 Å². The summed E-state index contributed by atoms with van der Waals surface area (Å²) in [4.78, 5) is 27.7. The minimum atomic E-state index is -0.360. The Morgan fingerprint density at radius 3 is 2.18 bits per heavy atom. The summed E-state index contributed by atoms with van der Waals surface area (Å²) in [6.45, 7) is 0.225. The average Bonchev–Trinajstić information content (AvgIpc) is 2.94. The van der Waals surface area contributed by atoms with Crippen molar-refractivity contribution in [2.45, 2.75) is 6.54 Å². The molecule has 0 radical (unpaired) electrons. The predicted octanol–water partition coefficient (Wildman–Crippen LogP) is 6.43. The van der Waals surface area contributed by atoms with E-state index < -0.39 is 0 Å². The topological polar surface area (TPSA) is 106 Å². The molecule has 4 N–H and O–H groups in total. The quantitative estimate of drug-likeness (QED) is 0.228. The van der Waals surface area contributed by atoms with Crippen LogP contribution in [0.4, 0.5) is 27.5 Å². The number of nitrogens with zero attached hydrogens (tertiary/aromatic N) is 1. The van der Waals surface area contributed by atoms with Crippen LogP contribution in [0.25, 0.3) is 0 Å². The molecule has 0 aliphatic carbocycles. The zero-order chi connectivity index (χ0) is 27.1. The number of halogens is 1. The minimum absolute atomic E-state index is 0.225. The molecule has 0 aliphatic rings. The zero-order valence-corrected chi connectivity index (χ0v) is 21.7. The molecule has 0 aliphatic heterocycles. The number of amides is 3. The number of carbonyl (C=O) groups is 2. The van der Waals surface area contributed by atoms with E-state index in [2.05, 4.69) is 10.6 Å². The average molecular weight is 531 g/mol. The lowest BCUT2D eigenvalue weighted by atomic mass is 10.1. The van der Waals surface area contributed by atoms with Gasteiger partial charge < -0.3 is 25.8 Å². The molecule has 0 spiro atoms. The highest BCUT2D eigenvalue weighted by atomic mass is 35.5. The molecule has 0 aromatic heterocycles. The van der Waals surface area contributed by atoms with Crippen LogP contribution < -0.4 is 30.7 Å². The third-order valence-corrected chi connectivity index (χ3v) is 6.04. The van der Waals surface area contributed by atoms with Crippen molar-refractivity contribution in [2.24, 2.45) is 0 Å². The molecule has 9 heteroatoms. The molecular weight excluding hydrogens is 504 g/mol. The van der Waals surface area contributed by atoms with E-state index >= 15 is 0 Å². The number of para-hydroxylation sites is 2. The van der Waals surface area contributed by atoms with E-state index in [4.69, 9.17) is 26.8 Å². The highest BCUT2D eigenvalue weighted by Crippen LogP contribution is 2.32.